The Labute approximate surface area is 124 Å². The molecule has 114 valence electrons. The second kappa shape index (κ2) is 4.81. The minimum Gasteiger partial charge on any atom is -0.508 e. The maximum atomic E-state index is 12.2. The molecular weight excluding hydrogens is 292 g/mol. The number of hydrogen-bond donors (Lipinski definition) is 5. The van der Waals surface area contributed by atoms with E-state index >= 15 is 0 Å². The fourth-order valence-electron chi connectivity index (χ4n) is 2.42. The van der Waals surface area contributed by atoms with Gasteiger partial charge in [-0.15, -0.1) is 0 Å². The van der Waals surface area contributed by atoms with Crippen LogP contribution in [0.25, 0.3) is 0 Å². The lowest BCUT2D eigenvalue weighted by molar-refractivity contribution is 0.0203. The number of Topliss-reactive ketones (excluding diaryl/α,β-unsaturated/α-hetero) is 1. The van der Waals surface area contributed by atoms with E-state index in [1.807, 2.05) is 0 Å². The first kappa shape index (κ1) is 14.0. The molecule has 2 atom stereocenters. The number of carbonyl (C=O) groups excluding carboxylic acids is 1. The summed E-state index contributed by atoms with van der Waals surface area (Å²) in [7, 11) is 0. The molecule has 0 fully saturated rings. The molecule has 1 aliphatic heterocycles. The Morgan fingerprint density at radius 2 is 1.59 bits per heavy atom. The number of aliphatic hydroxyl groups is 1. The number of ether oxygens (including phenoxy) is 1. The van der Waals surface area contributed by atoms with Gasteiger partial charge in [-0.25, -0.2) is 0 Å². The lowest BCUT2D eigenvalue weighted by Crippen LogP contribution is -2.36. The first-order valence-corrected chi connectivity index (χ1v) is 6.35. The molecule has 3 rings (SSSR count). The van der Waals surface area contributed by atoms with Crippen molar-refractivity contribution in [3.05, 3.63) is 41.5 Å². The molecule has 0 radical (unpaired) electrons. The largest absolute Gasteiger partial charge is 0.508 e. The third-order valence-corrected chi connectivity index (χ3v) is 3.44. The van der Waals surface area contributed by atoms with E-state index in [1.165, 1.54) is 12.1 Å². The SMILES string of the molecule is O=C1c2c(O)cc(O)cc2O[C@@H](c2ccc(O)cc2O)[C@H]1O. The van der Waals surface area contributed by atoms with E-state index in [4.69, 9.17) is 4.74 Å². The van der Waals surface area contributed by atoms with Gasteiger partial charge >= 0.3 is 0 Å². The fraction of sp³-hybridized carbons (Fsp3) is 0.133. The Hall–Kier alpha value is -2.93. The predicted molar refractivity (Wildman–Crippen MR) is 73.2 cm³/mol. The van der Waals surface area contributed by atoms with Crippen molar-refractivity contribution in [1.82, 2.24) is 0 Å². The standard InChI is InChI=1S/C15H12O7/c16-6-1-2-8(9(18)3-6)15-14(21)13(20)12-10(19)4-7(17)5-11(12)22-15/h1-5,14-19,21H/t14-,15-/m0/s1. The van der Waals surface area contributed by atoms with Crippen LogP contribution in [0.2, 0.25) is 0 Å². The maximum Gasteiger partial charge on any atom is 0.202 e. The minimum absolute atomic E-state index is 0.0899. The summed E-state index contributed by atoms with van der Waals surface area (Å²) in [6.45, 7) is 0. The number of hydrogen-bond acceptors (Lipinski definition) is 7. The van der Waals surface area contributed by atoms with Crippen LogP contribution >= 0.6 is 0 Å². The fourth-order valence-corrected chi connectivity index (χ4v) is 2.42. The summed E-state index contributed by atoms with van der Waals surface area (Å²) in [6, 6.07) is 5.71. The smallest absolute Gasteiger partial charge is 0.202 e. The van der Waals surface area contributed by atoms with E-state index in [0.717, 1.165) is 18.2 Å². The highest BCUT2D eigenvalue weighted by Crippen LogP contribution is 2.43. The van der Waals surface area contributed by atoms with E-state index in [1.54, 1.807) is 0 Å². The van der Waals surface area contributed by atoms with Gasteiger partial charge in [0.2, 0.25) is 5.78 Å². The van der Waals surface area contributed by atoms with Gasteiger partial charge in [-0.05, 0) is 12.1 Å². The van der Waals surface area contributed by atoms with E-state index < -0.39 is 23.7 Å². The van der Waals surface area contributed by atoms with Crippen molar-refractivity contribution in [2.24, 2.45) is 0 Å². The highest BCUT2D eigenvalue weighted by atomic mass is 16.5. The molecule has 0 saturated carbocycles. The Morgan fingerprint density at radius 1 is 0.909 bits per heavy atom. The summed E-state index contributed by atoms with van der Waals surface area (Å²) in [5, 5.41) is 48.4. The van der Waals surface area contributed by atoms with Crippen LogP contribution in [0.3, 0.4) is 0 Å². The van der Waals surface area contributed by atoms with Crippen molar-refractivity contribution in [3.8, 4) is 28.7 Å². The highest BCUT2D eigenvalue weighted by molar-refractivity contribution is 6.05. The first-order valence-electron chi connectivity index (χ1n) is 6.35. The summed E-state index contributed by atoms with van der Waals surface area (Å²) >= 11 is 0. The van der Waals surface area contributed by atoms with E-state index in [0.29, 0.717) is 0 Å². The molecule has 1 aliphatic rings. The van der Waals surface area contributed by atoms with Crippen molar-refractivity contribution in [3.63, 3.8) is 0 Å². The molecule has 0 spiro atoms. The van der Waals surface area contributed by atoms with Gasteiger partial charge in [-0.3, -0.25) is 4.79 Å². The molecule has 2 aromatic carbocycles. The van der Waals surface area contributed by atoms with Gasteiger partial charge in [0.25, 0.3) is 0 Å². The number of carbonyl (C=O) groups is 1. The van der Waals surface area contributed by atoms with Crippen LogP contribution in [0.15, 0.2) is 30.3 Å². The average molecular weight is 304 g/mol. The number of benzene rings is 2. The molecule has 0 saturated heterocycles. The van der Waals surface area contributed by atoms with Gasteiger partial charge < -0.3 is 30.3 Å². The van der Waals surface area contributed by atoms with Crippen LogP contribution in [0.5, 0.6) is 28.7 Å². The minimum atomic E-state index is -1.65. The molecule has 22 heavy (non-hydrogen) atoms. The van der Waals surface area contributed by atoms with Crippen LogP contribution in [0, 0.1) is 0 Å². The summed E-state index contributed by atoms with van der Waals surface area (Å²) in [5.74, 6) is -2.26. The van der Waals surface area contributed by atoms with Gasteiger partial charge in [-0.2, -0.15) is 0 Å². The van der Waals surface area contributed by atoms with Crippen molar-refractivity contribution in [2.75, 3.05) is 0 Å². The maximum absolute atomic E-state index is 12.2. The van der Waals surface area contributed by atoms with Gasteiger partial charge in [0.1, 0.15) is 34.3 Å². The highest BCUT2D eigenvalue weighted by Gasteiger charge is 2.40. The Morgan fingerprint density at radius 3 is 2.27 bits per heavy atom. The Kier molecular flexibility index (Phi) is 3.07. The molecule has 7 nitrogen and oxygen atoms in total. The van der Waals surface area contributed by atoms with Crippen LogP contribution in [-0.4, -0.2) is 37.4 Å². The van der Waals surface area contributed by atoms with E-state index in [2.05, 4.69) is 0 Å². The normalized spacial score (nSPS) is 20.3. The molecule has 5 N–H and O–H groups in total. The molecule has 2 aromatic rings. The zero-order chi connectivity index (χ0) is 16.0. The predicted octanol–water partition coefficient (Wildman–Crippen LogP) is 1.19. The van der Waals surface area contributed by atoms with Gasteiger partial charge in [0.05, 0.1) is 0 Å². The molecular formula is C15H12O7. The number of aromatic hydroxyl groups is 4. The quantitative estimate of drug-likeness (QED) is 0.535. The summed E-state index contributed by atoms with van der Waals surface area (Å²) in [6.07, 6.45) is -2.89. The average Bonchev–Trinajstić information content (AvgIpc) is 2.42. The zero-order valence-corrected chi connectivity index (χ0v) is 11.1. The zero-order valence-electron chi connectivity index (χ0n) is 11.1. The number of fused-ring (bicyclic) bond motifs is 1. The summed E-state index contributed by atoms with van der Waals surface area (Å²) in [4.78, 5) is 12.2. The topological polar surface area (TPSA) is 127 Å². The Balaban J connectivity index is 2.11. The van der Waals surface area contributed by atoms with Gasteiger partial charge in [0, 0.05) is 23.8 Å². The summed E-state index contributed by atoms with van der Waals surface area (Å²) < 4.78 is 5.45. The second-order valence-corrected chi connectivity index (χ2v) is 4.93. The van der Waals surface area contributed by atoms with Crippen molar-refractivity contribution in [1.29, 1.82) is 0 Å². The van der Waals surface area contributed by atoms with Gasteiger partial charge in [-0.1, -0.05) is 0 Å². The molecule has 0 amide bonds. The number of phenols is 4. The first-order chi connectivity index (χ1) is 10.4. The number of aliphatic hydroxyl groups excluding tert-OH is 1. The molecule has 7 heteroatoms. The van der Waals surface area contributed by atoms with Crippen molar-refractivity contribution >= 4 is 5.78 Å². The van der Waals surface area contributed by atoms with Crippen LogP contribution in [0.1, 0.15) is 22.0 Å². The Bertz CT molecular complexity index is 769. The van der Waals surface area contributed by atoms with Crippen LogP contribution in [-0.2, 0) is 0 Å². The monoisotopic (exact) mass is 304 g/mol. The third kappa shape index (κ3) is 2.08. The number of phenolic OH excluding ortho intramolecular Hbond substituents is 4. The molecule has 0 unspecified atom stereocenters. The number of ketones is 1. The van der Waals surface area contributed by atoms with Crippen molar-refractivity contribution < 1.29 is 35.1 Å². The molecule has 0 aliphatic carbocycles. The van der Waals surface area contributed by atoms with Gasteiger partial charge in [0.15, 0.2) is 12.2 Å². The lowest BCUT2D eigenvalue weighted by atomic mass is 9.92. The number of rotatable bonds is 1. The molecule has 0 aromatic heterocycles. The third-order valence-electron chi connectivity index (χ3n) is 3.44. The van der Waals surface area contributed by atoms with Crippen LogP contribution in [0.4, 0.5) is 0 Å². The second-order valence-electron chi connectivity index (χ2n) is 4.93. The molecule has 1 heterocycles. The van der Waals surface area contributed by atoms with E-state index in [-0.39, 0.29) is 34.1 Å². The lowest BCUT2D eigenvalue weighted by Gasteiger charge is -2.30. The van der Waals surface area contributed by atoms with Crippen molar-refractivity contribution in [2.45, 2.75) is 12.2 Å². The summed E-state index contributed by atoms with van der Waals surface area (Å²) in [5.41, 5.74) is -0.146. The van der Waals surface area contributed by atoms with Crippen LogP contribution < -0.4 is 4.74 Å². The molecule has 0 bridgehead atoms. The van der Waals surface area contributed by atoms with E-state index in [9.17, 15) is 30.3 Å².